The molecule has 0 saturated carbocycles. The number of aliphatic imine (C=N–C) groups is 2. The van der Waals surface area contributed by atoms with E-state index in [9.17, 15) is 0 Å². The Morgan fingerprint density at radius 2 is 0.969 bits per heavy atom. The van der Waals surface area contributed by atoms with Gasteiger partial charge in [-0.05, 0) is 83.9 Å². The minimum atomic E-state index is 0.00902. The van der Waals surface area contributed by atoms with Crippen molar-refractivity contribution in [3.05, 3.63) is 205 Å². The van der Waals surface area contributed by atoms with Gasteiger partial charge >= 0.3 is 0 Å². The number of hydrogen-bond acceptors (Lipinski definition) is 4. The van der Waals surface area contributed by atoms with E-state index >= 15 is 0 Å². The summed E-state index contributed by atoms with van der Waals surface area (Å²) in [5, 5.41) is 11.4. The van der Waals surface area contributed by atoms with Crippen molar-refractivity contribution >= 4 is 116 Å². The molecule has 306 valence electrons. The minimum Gasteiger partial charge on any atom is -0.456 e. The van der Waals surface area contributed by atoms with Crippen molar-refractivity contribution in [2.24, 2.45) is 15.9 Å². The summed E-state index contributed by atoms with van der Waals surface area (Å²) in [6.45, 7) is 2.29. The molecule has 6 heteroatoms. The summed E-state index contributed by atoms with van der Waals surface area (Å²) in [5.41, 5.74) is 11.6. The molecule has 1 aliphatic heterocycles. The Morgan fingerprint density at radius 3 is 1.66 bits per heavy atom. The maximum absolute atomic E-state index is 6.67. The van der Waals surface area contributed by atoms with Gasteiger partial charge in [-0.2, -0.15) is 0 Å². The number of hydrogen-bond donors (Lipinski definition) is 0. The minimum absolute atomic E-state index is 0.00902. The summed E-state index contributed by atoms with van der Waals surface area (Å²) in [4.78, 5) is 11.5. The molecule has 0 N–H and O–H groups in total. The van der Waals surface area contributed by atoms with Gasteiger partial charge in [0.15, 0.2) is 5.84 Å². The molecule has 1 atom stereocenters. The number of allylic oxidation sites excluding steroid dienone is 1. The topological polar surface area (TPSA) is 60.9 Å². The Morgan fingerprint density at radius 1 is 0.431 bits per heavy atom. The molecule has 6 nitrogen and oxygen atoms in total. The highest BCUT2D eigenvalue weighted by Crippen LogP contribution is 2.42. The van der Waals surface area contributed by atoms with Crippen molar-refractivity contribution in [1.82, 2.24) is 9.13 Å². The number of nitrogens with zero attached hydrogens (tertiary/aromatic N) is 4. The van der Waals surface area contributed by atoms with Crippen LogP contribution in [0.25, 0.3) is 110 Å². The molecule has 0 fully saturated rings. The highest BCUT2D eigenvalue weighted by atomic mass is 16.3. The van der Waals surface area contributed by atoms with Gasteiger partial charge in [0, 0.05) is 66.2 Å². The molecule has 0 radical (unpaired) electrons. The molecule has 0 aliphatic carbocycles. The van der Waals surface area contributed by atoms with Crippen molar-refractivity contribution in [3.63, 3.8) is 0 Å². The van der Waals surface area contributed by atoms with Crippen LogP contribution in [0.15, 0.2) is 213 Å². The van der Waals surface area contributed by atoms with Crippen LogP contribution >= 0.6 is 0 Å². The largest absolute Gasteiger partial charge is 0.456 e. The van der Waals surface area contributed by atoms with Crippen LogP contribution in [0.4, 0.5) is 0 Å². The molecule has 4 aromatic heterocycles. The molecule has 5 heterocycles. The Kier molecular flexibility index (Phi) is 7.63. The van der Waals surface area contributed by atoms with Crippen molar-refractivity contribution < 1.29 is 8.83 Å². The smallest absolute Gasteiger partial charge is 0.161 e. The first kappa shape index (κ1) is 36.0. The number of para-hydroxylation sites is 5. The number of rotatable bonds is 3. The van der Waals surface area contributed by atoms with Crippen LogP contribution in [-0.4, -0.2) is 20.8 Å². The monoisotopic (exact) mass is 834 g/mol. The summed E-state index contributed by atoms with van der Waals surface area (Å²) < 4.78 is 17.8. The lowest BCUT2D eigenvalue weighted by Gasteiger charge is -2.21. The van der Waals surface area contributed by atoms with E-state index in [4.69, 9.17) is 18.8 Å². The molecule has 0 amide bonds. The third kappa shape index (κ3) is 5.41. The van der Waals surface area contributed by atoms with E-state index in [1.165, 1.54) is 32.3 Å². The molecule has 9 aromatic carbocycles. The summed E-state index contributed by atoms with van der Waals surface area (Å²) in [5.74, 6) is 1.58. The second-order valence-electron chi connectivity index (χ2n) is 17.3. The maximum atomic E-state index is 6.67. The number of furan rings is 2. The van der Waals surface area contributed by atoms with Crippen LogP contribution in [0.5, 0.6) is 0 Å². The zero-order chi connectivity index (χ0) is 42.8. The highest BCUT2D eigenvalue weighted by molar-refractivity contribution is 6.20. The SMILES string of the molecule is CC1C/C=C(c2cc3c(cc2-n2c4ccccc4c4cc5ccccc5cc42)oc2ccccc23)/N=C(c2ccc3oc4ccccc4c3c2)\N=C/1n1c2ccccc2c2ccccc21. The summed E-state index contributed by atoms with van der Waals surface area (Å²) in [7, 11) is 0. The van der Waals surface area contributed by atoms with E-state index in [-0.39, 0.29) is 5.92 Å². The quantitative estimate of drug-likeness (QED) is 0.178. The fourth-order valence-corrected chi connectivity index (χ4v) is 10.5. The van der Waals surface area contributed by atoms with Gasteiger partial charge < -0.3 is 13.4 Å². The van der Waals surface area contributed by atoms with E-state index in [1.807, 2.05) is 18.2 Å². The molecule has 0 saturated heterocycles. The highest BCUT2D eigenvalue weighted by Gasteiger charge is 2.26. The van der Waals surface area contributed by atoms with E-state index in [0.717, 1.165) is 94.3 Å². The molecule has 13 aromatic rings. The van der Waals surface area contributed by atoms with Gasteiger partial charge in [0.2, 0.25) is 0 Å². The van der Waals surface area contributed by atoms with Crippen LogP contribution in [0.3, 0.4) is 0 Å². The molecule has 14 rings (SSSR count). The lowest BCUT2D eigenvalue weighted by Crippen LogP contribution is -2.23. The van der Waals surface area contributed by atoms with Gasteiger partial charge in [-0.1, -0.05) is 128 Å². The van der Waals surface area contributed by atoms with Gasteiger partial charge in [-0.25, -0.2) is 9.98 Å². The number of benzene rings is 9. The average molecular weight is 835 g/mol. The van der Waals surface area contributed by atoms with E-state index < -0.39 is 0 Å². The Bertz CT molecular complexity index is 4190. The molecule has 0 spiro atoms. The third-order valence-corrected chi connectivity index (χ3v) is 13.5. The zero-order valence-electron chi connectivity index (χ0n) is 35.4. The predicted octanol–water partition coefficient (Wildman–Crippen LogP) is 15.6. The van der Waals surface area contributed by atoms with Crippen LogP contribution in [-0.2, 0) is 0 Å². The predicted molar refractivity (Wildman–Crippen MR) is 270 cm³/mol. The Hall–Kier alpha value is -8.48. The zero-order valence-corrected chi connectivity index (χ0v) is 35.4. The van der Waals surface area contributed by atoms with Crippen molar-refractivity contribution in [2.75, 3.05) is 0 Å². The van der Waals surface area contributed by atoms with Crippen LogP contribution in [0, 0.1) is 5.92 Å². The van der Waals surface area contributed by atoms with E-state index in [1.54, 1.807) is 0 Å². The normalized spacial score (nSPS) is 17.3. The number of aromatic nitrogens is 2. The second kappa shape index (κ2) is 13.8. The van der Waals surface area contributed by atoms with Gasteiger partial charge in [0.1, 0.15) is 28.2 Å². The van der Waals surface area contributed by atoms with E-state index in [0.29, 0.717) is 12.3 Å². The first-order chi connectivity index (χ1) is 32.1. The number of fused-ring (bicyclic) bond motifs is 13. The van der Waals surface area contributed by atoms with Crippen LogP contribution in [0.2, 0.25) is 0 Å². The average Bonchev–Trinajstić information content (AvgIpc) is 4.09. The number of amidine groups is 1. The van der Waals surface area contributed by atoms with Gasteiger partial charge in [0.25, 0.3) is 0 Å². The molecule has 1 unspecified atom stereocenters. The summed E-state index contributed by atoms with van der Waals surface area (Å²) >= 11 is 0. The summed E-state index contributed by atoms with van der Waals surface area (Å²) in [6.07, 6.45) is 3.04. The van der Waals surface area contributed by atoms with Gasteiger partial charge in [-0.3, -0.25) is 4.57 Å². The first-order valence-electron chi connectivity index (χ1n) is 22.3. The van der Waals surface area contributed by atoms with Crippen molar-refractivity contribution in [3.8, 4) is 5.69 Å². The summed E-state index contributed by atoms with van der Waals surface area (Å²) in [6, 6.07) is 66.7. The van der Waals surface area contributed by atoms with Crippen molar-refractivity contribution in [1.29, 1.82) is 0 Å². The first-order valence-corrected chi connectivity index (χ1v) is 22.3. The lowest BCUT2D eigenvalue weighted by atomic mass is 9.99. The second-order valence-corrected chi connectivity index (χ2v) is 17.3. The van der Waals surface area contributed by atoms with E-state index in [2.05, 4.69) is 192 Å². The van der Waals surface area contributed by atoms with Gasteiger partial charge in [0.05, 0.1) is 33.5 Å². The fourth-order valence-electron chi connectivity index (χ4n) is 10.5. The maximum Gasteiger partial charge on any atom is 0.161 e. The van der Waals surface area contributed by atoms with Crippen LogP contribution < -0.4 is 0 Å². The Balaban J connectivity index is 1.08. The molecular formula is C59H38N4O2. The fraction of sp³-hybridized carbons (Fsp3) is 0.0508. The lowest BCUT2D eigenvalue weighted by molar-refractivity contribution is 0.668. The third-order valence-electron chi connectivity index (χ3n) is 13.5. The molecule has 1 aliphatic rings. The molecule has 0 bridgehead atoms. The van der Waals surface area contributed by atoms with Crippen LogP contribution in [0.1, 0.15) is 24.5 Å². The standard InChI is InChI=1S/C59H38N4O2/c1-35-26-28-48(47-33-46-43-20-8-13-25-55(43)65-57(46)34-53(47)62-49-21-9-6-18-41(49)44-30-36-14-2-3-15-37(36)32-52(44)62)60-58(38-27-29-56-45(31-38)42-19-7-12-24-54(42)64-56)61-59(35)63-50-22-10-4-16-39(50)40-17-5-11-23-51(40)63/h2-25,27-35H,26H2,1H3/b48-28+,60-58-,61-59+. The molecular weight excluding hydrogens is 797 g/mol. The van der Waals surface area contributed by atoms with Gasteiger partial charge in [-0.15, -0.1) is 0 Å². The molecule has 65 heavy (non-hydrogen) atoms. The Labute approximate surface area is 372 Å². The van der Waals surface area contributed by atoms with Crippen molar-refractivity contribution in [2.45, 2.75) is 13.3 Å².